The number of carbonyl (C=O) groups is 3. The first-order valence-electron chi connectivity index (χ1n) is 7.77. The van der Waals surface area contributed by atoms with Crippen LogP contribution in [0.4, 0.5) is 11.4 Å². The second-order valence-corrected chi connectivity index (χ2v) is 5.68. The maximum Gasteiger partial charge on any atom is 0.353 e. The van der Waals surface area contributed by atoms with Gasteiger partial charge in [-0.15, -0.1) is 10.2 Å². The number of hydrogen-bond acceptors (Lipinski definition) is 5. The molecule has 9 nitrogen and oxygen atoms in total. The number of nitrogens with zero attached hydrogens (tertiary/aromatic N) is 2. The van der Waals surface area contributed by atoms with Crippen molar-refractivity contribution >= 4 is 40.1 Å². The van der Waals surface area contributed by atoms with Crippen molar-refractivity contribution < 1.29 is 24.6 Å². The monoisotopic (exact) mass is 366 g/mol. The van der Waals surface area contributed by atoms with E-state index in [0.29, 0.717) is 10.9 Å². The summed E-state index contributed by atoms with van der Waals surface area (Å²) >= 11 is 0. The Balaban J connectivity index is 1.82. The van der Waals surface area contributed by atoms with Gasteiger partial charge < -0.3 is 20.5 Å². The van der Waals surface area contributed by atoms with Crippen LogP contribution in [0.1, 0.15) is 15.9 Å². The summed E-state index contributed by atoms with van der Waals surface area (Å²) in [5.41, 5.74) is 1.33. The largest absolute Gasteiger partial charge is 0.493 e. The van der Waals surface area contributed by atoms with Crippen molar-refractivity contribution in [2.24, 2.45) is 10.2 Å². The van der Waals surface area contributed by atoms with Crippen LogP contribution in [0.5, 0.6) is 5.88 Å². The lowest BCUT2D eigenvalue weighted by Crippen LogP contribution is -2.22. The maximum atomic E-state index is 12.0. The number of amides is 2. The van der Waals surface area contributed by atoms with Crippen LogP contribution in [0.15, 0.2) is 52.7 Å². The Kier molecular flexibility index (Phi) is 4.67. The number of carbonyl (C=O) groups excluding carboxylic acids is 2. The van der Waals surface area contributed by atoms with Crippen LogP contribution in [0.3, 0.4) is 0 Å². The van der Waals surface area contributed by atoms with E-state index in [1.165, 1.54) is 24.3 Å². The van der Waals surface area contributed by atoms with Crippen LogP contribution in [0, 0.1) is 6.92 Å². The van der Waals surface area contributed by atoms with Gasteiger partial charge in [-0.2, -0.15) is 0 Å². The number of aromatic hydroxyl groups is 1. The quantitative estimate of drug-likeness (QED) is 0.416. The number of anilines is 1. The number of H-pyrrole nitrogens is 1. The molecule has 3 rings (SSSR count). The number of benzene rings is 2. The molecule has 0 spiro atoms. The summed E-state index contributed by atoms with van der Waals surface area (Å²) in [7, 11) is 0. The molecule has 0 saturated carbocycles. The molecule has 0 aliphatic rings. The average Bonchev–Trinajstić information content (AvgIpc) is 2.94. The molecule has 0 aliphatic carbocycles. The second kappa shape index (κ2) is 7.08. The fraction of sp³-hybridized carbons (Fsp3) is 0.0556. The highest BCUT2D eigenvalue weighted by molar-refractivity contribution is 6.40. The molecule has 3 aromatic rings. The standard InChI is InChI=1S/C18H14N4O5/c1-9-6-7-13-11(8-9)14(15(23)19-13)21-22-17(25)16(24)20-12-5-3-2-4-10(12)18(26)27/h2-8,19,23H,1H3,(H,20,24)(H,26,27). The van der Waals surface area contributed by atoms with Crippen molar-refractivity contribution in [2.75, 3.05) is 5.32 Å². The molecule has 0 bridgehead atoms. The molecular formula is C18H14N4O5. The molecule has 27 heavy (non-hydrogen) atoms. The van der Waals surface area contributed by atoms with Gasteiger partial charge in [0.2, 0.25) is 5.88 Å². The summed E-state index contributed by atoms with van der Waals surface area (Å²) in [5, 5.41) is 28.7. The normalized spacial score (nSPS) is 11.0. The molecule has 2 aromatic carbocycles. The molecule has 4 N–H and O–H groups in total. The van der Waals surface area contributed by atoms with Gasteiger partial charge in [0.25, 0.3) is 0 Å². The third-order valence-corrected chi connectivity index (χ3v) is 3.75. The first-order valence-corrected chi connectivity index (χ1v) is 7.77. The smallest absolute Gasteiger partial charge is 0.353 e. The lowest BCUT2D eigenvalue weighted by Gasteiger charge is -2.05. The molecule has 1 aromatic heterocycles. The van der Waals surface area contributed by atoms with Gasteiger partial charge in [0.1, 0.15) is 0 Å². The van der Waals surface area contributed by atoms with Crippen LogP contribution < -0.4 is 5.32 Å². The number of carboxylic acid groups (broad SMARTS) is 1. The van der Waals surface area contributed by atoms with Crippen LogP contribution in [0.2, 0.25) is 0 Å². The molecule has 9 heteroatoms. The number of azo groups is 1. The Labute approximate surface area is 152 Å². The van der Waals surface area contributed by atoms with Crippen molar-refractivity contribution in [1.82, 2.24) is 4.98 Å². The summed E-state index contributed by atoms with van der Waals surface area (Å²) in [6.07, 6.45) is 0. The lowest BCUT2D eigenvalue weighted by molar-refractivity contribution is -0.134. The van der Waals surface area contributed by atoms with Crippen molar-refractivity contribution in [2.45, 2.75) is 6.92 Å². The van der Waals surface area contributed by atoms with Gasteiger partial charge in [-0.05, 0) is 31.2 Å². The molecule has 2 amide bonds. The summed E-state index contributed by atoms with van der Waals surface area (Å²) in [4.78, 5) is 37.7. The van der Waals surface area contributed by atoms with E-state index in [0.717, 1.165) is 5.56 Å². The minimum atomic E-state index is -1.25. The Morgan fingerprint density at radius 1 is 1.11 bits per heavy atom. The van der Waals surface area contributed by atoms with Gasteiger partial charge in [0.05, 0.1) is 16.8 Å². The van der Waals surface area contributed by atoms with Crippen molar-refractivity contribution in [3.8, 4) is 5.88 Å². The molecular weight excluding hydrogens is 352 g/mol. The number of fused-ring (bicyclic) bond motifs is 1. The number of carboxylic acids is 1. The summed E-state index contributed by atoms with van der Waals surface area (Å²) in [5.74, 6) is -3.93. The van der Waals surface area contributed by atoms with Crippen molar-refractivity contribution in [1.29, 1.82) is 0 Å². The first kappa shape index (κ1) is 17.8. The van der Waals surface area contributed by atoms with Crippen LogP contribution in [0.25, 0.3) is 10.9 Å². The van der Waals surface area contributed by atoms with Crippen LogP contribution >= 0.6 is 0 Å². The minimum Gasteiger partial charge on any atom is -0.493 e. The third-order valence-electron chi connectivity index (χ3n) is 3.75. The zero-order valence-electron chi connectivity index (χ0n) is 14.1. The number of aryl methyl sites for hydroxylation is 1. The van der Waals surface area contributed by atoms with Gasteiger partial charge in [-0.3, -0.25) is 9.59 Å². The Bertz CT molecular complexity index is 1100. The van der Waals surface area contributed by atoms with Crippen molar-refractivity contribution in [3.05, 3.63) is 53.6 Å². The summed E-state index contributed by atoms with van der Waals surface area (Å²) in [6, 6.07) is 10.9. The SMILES string of the molecule is Cc1ccc2[nH]c(O)c(N=NC(=O)C(=O)Nc3ccccc3C(=O)O)c2c1. The molecule has 1 heterocycles. The summed E-state index contributed by atoms with van der Waals surface area (Å²) < 4.78 is 0. The second-order valence-electron chi connectivity index (χ2n) is 5.68. The van der Waals surface area contributed by atoms with Crippen LogP contribution in [-0.2, 0) is 9.59 Å². The highest BCUT2D eigenvalue weighted by Gasteiger charge is 2.18. The van der Waals surface area contributed by atoms with E-state index in [4.69, 9.17) is 5.11 Å². The van der Waals surface area contributed by atoms with Gasteiger partial charge >= 0.3 is 17.8 Å². The molecule has 0 unspecified atom stereocenters. The number of aromatic carboxylic acids is 1. The van der Waals surface area contributed by atoms with Crippen molar-refractivity contribution in [3.63, 3.8) is 0 Å². The Hall–Kier alpha value is -4.01. The van der Waals surface area contributed by atoms with E-state index in [1.54, 1.807) is 12.1 Å². The molecule has 136 valence electrons. The van der Waals surface area contributed by atoms with E-state index in [9.17, 15) is 19.5 Å². The highest BCUT2D eigenvalue weighted by Crippen LogP contribution is 2.35. The van der Waals surface area contributed by atoms with E-state index >= 15 is 0 Å². The summed E-state index contributed by atoms with van der Waals surface area (Å²) in [6.45, 7) is 1.85. The van der Waals surface area contributed by atoms with E-state index in [1.807, 2.05) is 13.0 Å². The topological polar surface area (TPSA) is 144 Å². The first-order chi connectivity index (χ1) is 12.9. The molecule has 0 radical (unpaired) electrons. The van der Waals surface area contributed by atoms with Gasteiger partial charge in [0, 0.05) is 5.39 Å². The Morgan fingerprint density at radius 3 is 2.59 bits per heavy atom. The Morgan fingerprint density at radius 2 is 1.85 bits per heavy atom. The van der Waals surface area contributed by atoms with Gasteiger partial charge in [0.15, 0.2) is 5.69 Å². The molecule has 0 fully saturated rings. The number of aromatic nitrogens is 1. The highest BCUT2D eigenvalue weighted by atomic mass is 16.4. The molecule has 0 saturated heterocycles. The van der Waals surface area contributed by atoms with Gasteiger partial charge in [-0.1, -0.05) is 23.8 Å². The number of rotatable bonds is 3. The minimum absolute atomic E-state index is 0.0285. The van der Waals surface area contributed by atoms with E-state index < -0.39 is 17.8 Å². The molecule has 0 aliphatic heterocycles. The fourth-order valence-electron chi connectivity index (χ4n) is 2.47. The zero-order valence-corrected chi connectivity index (χ0v) is 14.1. The lowest BCUT2D eigenvalue weighted by atomic mass is 10.1. The average molecular weight is 366 g/mol. The van der Waals surface area contributed by atoms with E-state index in [-0.39, 0.29) is 22.8 Å². The maximum absolute atomic E-state index is 12.0. The number of aromatic amines is 1. The third kappa shape index (κ3) is 3.66. The zero-order chi connectivity index (χ0) is 19.6. The van der Waals surface area contributed by atoms with E-state index in [2.05, 4.69) is 20.5 Å². The van der Waals surface area contributed by atoms with Crippen LogP contribution in [-0.4, -0.2) is 33.0 Å². The van der Waals surface area contributed by atoms with Gasteiger partial charge in [-0.25, -0.2) is 4.79 Å². The molecule has 0 atom stereocenters. The number of para-hydroxylation sites is 1. The number of hydrogen-bond donors (Lipinski definition) is 4. The predicted octanol–water partition coefficient (Wildman–Crippen LogP) is 3.13. The predicted molar refractivity (Wildman–Crippen MR) is 96.3 cm³/mol. The number of nitrogens with one attached hydrogen (secondary N) is 2. The fourth-order valence-corrected chi connectivity index (χ4v) is 2.47.